The molecular formula is C23H34ClN3O5S. The molecule has 1 aromatic carbocycles. The Bertz CT molecular complexity index is 925. The van der Waals surface area contributed by atoms with Crippen LogP contribution in [0.15, 0.2) is 29.2 Å². The van der Waals surface area contributed by atoms with E-state index in [0.717, 1.165) is 25.7 Å². The van der Waals surface area contributed by atoms with Crippen molar-refractivity contribution >= 4 is 27.7 Å². The number of carbonyl (C=O) groups excluding carboxylic acids is 1. The predicted molar refractivity (Wildman–Crippen MR) is 126 cm³/mol. The first-order valence-electron chi connectivity index (χ1n) is 11.9. The standard InChI is InChI=1S/C23H34ClN3O5S/c1-17-15-25(13-14-28)11-12-26(17)23(29)32-16-20-3-2-4-22(18-5-6-18)27(20)33(30,31)21-9-7-19(24)8-10-21/h7-10,17-18,20,22,28H,2-6,11-16H2,1H3/t17-,20-,22+/m0/s1. The highest BCUT2D eigenvalue weighted by molar-refractivity contribution is 7.89. The Morgan fingerprint density at radius 1 is 1.15 bits per heavy atom. The second kappa shape index (κ2) is 10.5. The first kappa shape index (κ1) is 24.7. The van der Waals surface area contributed by atoms with E-state index < -0.39 is 16.1 Å². The van der Waals surface area contributed by atoms with Gasteiger partial charge in [0.15, 0.2) is 0 Å². The highest BCUT2D eigenvalue weighted by Gasteiger charge is 2.46. The lowest BCUT2D eigenvalue weighted by Gasteiger charge is -2.42. The summed E-state index contributed by atoms with van der Waals surface area (Å²) in [5.74, 6) is 0.380. The number of benzene rings is 1. The van der Waals surface area contributed by atoms with Crippen LogP contribution in [0, 0.1) is 5.92 Å². The van der Waals surface area contributed by atoms with E-state index in [1.54, 1.807) is 33.5 Å². The first-order valence-corrected chi connectivity index (χ1v) is 13.7. The van der Waals surface area contributed by atoms with E-state index in [1.807, 2.05) is 6.92 Å². The molecule has 1 amide bonds. The first-order chi connectivity index (χ1) is 15.8. The highest BCUT2D eigenvalue weighted by Crippen LogP contribution is 2.43. The van der Waals surface area contributed by atoms with Gasteiger partial charge in [-0.25, -0.2) is 13.2 Å². The molecule has 1 saturated carbocycles. The van der Waals surface area contributed by atoms with E-state index in [9.17, 15) is 13.2 Å². The Hall–Kier alpha value is -1.39. The summed E-state index contributed by atoms with van der Waals surface area (Å²) in [7, 11) is -3.74. The summed E-state index contributed by atoms with van der Waals surface area (Å²) in [6, 6.07) is 5.83. The molecule has 0 spiro atoms. The third-order valence-electron chi connectivity index (χ3n) is 7.04. The zero-order chi connectivity index (χ0) is 23.6. The van der Waals surface area contributed by atoms with Crippen LogP contribution in [0.25, 0.3) is 0 Å². The topological polar surface area (TPSA) is 90.4 Å². The van der Waals surface area contributed by atoms with Gasteiger partial charge in [-0.2, -0.15) is 4.31 Å². The van der Waals surface area contributed by atoms with E-state index in [-0.39, 0.29) is 36.2 Å². The van der Waals surface area contributed by atoms with Crippen LogP contribution in [-0.2, 0) is 14.8 Å². The van der Waals surface area contributed by atoms with Gasteiger partial charge in [-0.05, 0) is 62.8 Å². The molecule has 10 heteroatoms. The van der Waals surface area contributed by atoms with Gasteiger partial charge in [-0.15, -0.1) is 0 Å². The average Bonchev–Trinajstić information content (AvgIpc) is 3.63. The van der Waals surface area contributed by atoms with E-state index in [0.29, 0.717) is 43.5 Å². The van der Waals surface area contributed by atoms with E-state index in [2.05, 4.69) is 4.90 Å². The Kier molecular flexibility index (Phi) is 7.85. The van der Waals surface area contributed by atoms with Crippen molar-refractivity contribution in [3.05, 3.63) is 29.3 Å². The molecule has 3 fully saturated rings. The fourth-order valence-electron chi connectivity index (χ4n) is 5.17. The smallest absolute Gasteiger partial charge is 0.410 e. The monoisotopic (exact) mass is 499 g/mol. The zero-order valence-electron chi connectivity index (χ0n) is 19.1. The van der Waals surface area contributed by atoms with Crippen molar-refractivity contribution < 1.29 is 23.1 Å². The summed E-state index contributed by atoms with van der Waals surface area (Å²) in [5, 5.41) is 9.64. The SMILES string of the molecule is C[C@H]1CN(CCO)CCN1C(=O)OC[C@@H]1CCC[C@H](C2CC2)N1S(=O)(=O)c1ccc(Cl)cc1. The van der Waals surface area contributed by atoms with Gasteiger partial charge < -0.3 is 14.7 Å². The molecule has 8 nitrogen and oxygen atoms in total. The molecule has 4 rings (SSSR count). The lowest BCUT2D eigenvalue weighted by Crippen LogP contribution is -2.56. The van der Waals surface area contributed by atoms with E-state index in [4.69, 9.17) is 21.4 Å². The molecule has 1 N–H and O–H groups in total. The molecular weight excluding hydrogens is 466 g/mol. The summed E-state index contributed by atoms with van der Waals surface area (Å²) in [6.07, 6.45) is 4.11. The number of piperidine rings is 1. The fraction of sp³-hybridized carbons (Fsp3) is 0.696. The van der Waals surface area contributed by atoms with Crippen molar-refractivity contribution in [2.24, 2.45) is 5.92 Å². The summed E-state index contributed by atoms with van der Waals surface area (Å²) in [5.41, 5.74) is 0. The number of aliphatic hydroxyl groups is 1. The number of halogens is 1. The highest BCUT2D eigenvalue weighted by atomic mass is 35.5. The second-order valence-electron chi connectivity index (χ2n) is 9.42. The van der Waals surface area contributed by atoms with Gasteiger partial charge in [-0.1, -0.05) is 18.0 Å². The molecule has 0 unspecified atom stereocenters. The molecule has 33 heavy (non-hydrogen) atoms. The minimum absolute atomic E-state index is 0.0303. The Morgan fingerprint density at radius 2 is 1.88 bits per heavy atom. The number of carbonyl (C=O) groups is 1. The van der Waals surface area contributed by atoms with Crippen LogP contribution in [0.4, 0.5) is 4.79 Å². The van der Waals surface area contributed by atoms with Crippen LogP contribution >= 0.6 is 11.6 Å². The van der Waals surface area contributed by atoms with Crippen molar-refractivity contribution in [2.45, 2.75) is 62.0 Å². The minimum Gasteiger partial charge on any atom is -0.448 e. The van der Waals surface area contributed by atoms with Gasteiger partial charge in [-0.3, -0.25) is 4.90 Å². The molecule has 1 aliphatic carbocycles. The zero-order valence-corrected chi connectivity index (χ0v) is 20.7. The largest absolute Gasteiger partial charge is 0.448 e. The van der Waals surface area contributed by atoms with Crippen molar-refractivity contribution in [1.29, 1.82) is 0 Å². The van der Waals surface area contributed by atoms with Crippen molar-refractivity contribution in [1.82, 2.24) is 14.1 Å². The maximum absolute atomic E-state index is 13.7. The molecule has 2 aliphatic heterocycles. The van der Waals surface area contributed by atoms with Crippen molar-refractivity contribution in [2.75, 3.05) is 39.4 Å². The van der Waals surface area contributed by atoms with Crippen molar-refractivity contribution in [3.8, 4) is 0 Å². The van der Waals surface area contributed by atoms with Crippen LogP contribution in [0.1, 0.15) is 39.0 Å². The second-order valence-corrected chi connectivity index (χ2v) is 11.7. The van der Waals surface area contributed by atoms with Gasteiger partial charge in [0.05, 0.1) is 17.5 Å². The quantitative estimate of drug-likeness (QED) is 0.620. The molecule has 0 aromatic heterocycles. The lowest BCUT2D eigenvalue weighted by atomic mass is 9.96. The molecule has 3 aliphatic rings. The third kappa shape index (κ3) is 5.65. The van der Waals surface area contributed by atoms with E-state index in [1.165, 1.54) is 0 Å². The number of rotatable bonds is 7. The minimum atomic E-state index is -3.74. The summed E-state index contributed by atoms with van der Waals surface area (Å²) in [4.78, 5) is 16.9. The normalized spacial score (nSPS) is 27.5. The van der Waals surface area contributed by atoms with Crippen LogP contribution in [0.3, 0.4) is 0 Å². The number of hydrogen-bond acceptors (Lipinski definition) is 6. The average molecular weight is 500 g/mol. The number of β-amino-alcohol motifs (C(OH)–C–C–N with tert-alkyl or cyclic N) is 1. The van der Waals surface area contributed by atoms with Crippen LogP contribution in [0.5, 0.6) is 0 Å². The molecule has 2 saturated heterocycles. The van der Waals surface area contributed by atoms with Crippen molar-refractivity contribution in [3.63, 3.8) is 0 Å². The number of ether oxygens (including phenoxy) is 1. The van der Waals surface area contributed by atoms with Crippen LogP contribution < -0.4 is 0 Å². The van der Waals surface area contributed by atoms with Gasteiger partial charge in [0.1, 0.15) is 6.61 Å². The number of amides is 1. The molecule has 0 bridgehead atoms. The third-order valence-corrected chi connectivity index (χ3v) is 9.28. The predicted octanol–water partition coefficient (Wildman–Crippen LogP) is 2.80. The molecule has 184 valence electrons. The van der Waals surface area contributed by atoms with Gasteiger partial charge >= 0.3 is 6.09 Å². The molecule has 0 radical (unpaired) electrons. The van der Waals surface area contributed by atoms with Gasteiger partial charge in [0.25, 0.3) is 0 Å². The molecule has 2 heterocycles. The fourth-order valence-corrected chi connectivity index (χ4v) is 7.21. The number of sulfonamides is 1. The Labute approximate surface area is 201 Å². The van der Waals surface area contributed by atoms with E-state index >= 15 is 0 Å². The Morgan fingerprint density at radius 3 is 2.52 bits per heavy atom. The maximum Gasteiger partial charge on any atom is 0.410 e. The maximum atomic E-state index is 13.7. The number of hydrogen-bond donors (Lipinski definition) is 1. The van der Waals surface area contributed by atoms with Gasteiger partial charge in [0.2, 0.25) is 10.0 Å². The Balaban J connectivity index is 1.46. The number of aliphatic hydroxyl groups excluding tert-OH is 1. The number of piperazine rings is 1. The van der Waals surface area contributed by atoms with Gasteiger partial charge in [0, 0.05) is 43.3 Å². The number of nitrogens with zero attached hydrogens (tertiary/aromatic N) is 3. The van der Waals surface area contributed by atoms with Crippen LogP contribution in [0.2, 0.25) is 5.02 Å². The summed E-state index contributed by atoms with van der Waals surface area (Å²) >= 11 is 5.98. The molecule has 3 atom stereocenters. The summed E-state index contributed by atoms with van der Waals surface area (Å²) in [6.45, 7) is 4.60. The summed E-state index contributed by atoms with van der Waals surface area (Å²) < 4.78 is 34.6. The molecule has 1 aromatic rings. The van der Waals surface area contributed by atoms with Crippen LogP contribution in [-0.4, -0.2) is 91.2 Å². The lowest BCUT2D eigenvalue weighted by molar-refractivity contribution is 0.0284.